The number of hydrogen-bond donors (Lipinski definition) is 1. The summed E-state index contributed by atoms with van der Waals surface area (Å²) in [4.78, 5) is 22.0. The van der Waals surface area contributed by atoms with Gasteiger partial charge in [-0.2, -0.15) is 0 Å². The maximum Gasteiger partial charge on any atom is 0.257 e. The van der Waals surface area contributed by atoms with Gasteiger partial charge in [-0.25, -0.2) is 9.97 Å². The van der Waals surface area contributed by atoms with Crippen LogP contribution in [0, 0.1) is 0 Å². The minimum atomic E-state index is -0.0734. The number of amides is 1. The average molecular weight is 270 g/mol. The molecule has 20 heavy (non-hydrogen) atoms. The lowest BCUT2D eigenvalue weighted by Crippen LogP contribution is -2.31. The third-order valence-corrected chi connectivity index (χ3v) is 3.00. The minimum Gasteiger partial charge on any atom is -0.398 e. The smallest absolute Gasteiger partial charge is 0.257 e. The predicted molar refractivity (Wildman–Crippen MR) is 77.9 cm³/mol. The third kappa shape index (κ3) is 3.32. The van der Waals surface area contributed by atoms with Crippen LogP contribution in [0.15, 0.2) is 43.0 Å². The second kappa shape index (κ2) is 6.65. The molecule has 2 aromatic rings. The van der Waals surface area contributed by atoms with Crippen LogP contribution in [0.5, 0.6) is 0 Å². The quantitative estimate of drug-likeness (QED) is 0.845. The lowest BCUT2D eigenvalue weighted by Gasteiger charge is -2.22. The van der Waals surface area contributed by atoms with E-state index < -0.39 is 0 Å². The number of anilines is 1. The Labute approximate surface area is 118 Å². The highest BCUT2D eigenvalue weighted by molar-refractivity contribution is 5.93. The highest BCUT2D eigenvalue weighted by Gasteiger charge is 2.16. The molecule has 0 atom stereocenters. The predicted octanol–water partition coefficient (Wildman–Crippen LogP) is 2.11. The van der Waals surface area contributed by atoms with Gasteiger partial charge in [0.25, 0.3) is 5.91 Å². The Morgan fingerprint density at radius 3 is 2.60 bits per heavy atom. The summed E-state index contributed by atoms with van der Waals surface area (Å²) in [6, 6.07) is 7.59. The zero-order valence-corrected chi connectivity index (χ0v) is 11.5. The van der Waals surface area contributed by atoms with Crippen LogP contribution in [-0.4, -0.2) is 27.3 Å². The first kappa shape index (κ1) is 14.0. The zero-order chi connectivity index (χ0) is 14.4. The number of rotatable bonds is 5. The summed E-state index contributed by atoms with van der Waals surface area (Å²) in [5, 5.41) is 0. The first-order chi connectivity index (χ1) is 9.72. The molecule has 0 aliphatic carbocycles. The molecule has 0 radical (unpaired) electrons. The van der Waals surface area contributed by atoms with Crippen molar-refractivity contribution in [2.75, 3.05) is 12.3 Å². The summed E-state index contributed by atoms with van der Waals surface area (Å²) in [6.45, 7) is 3.20. The number of nitrogens with two attached hydrogens (primary N) is 1. The molecular weight excluding hydrogens is 252 g/mol. The van der Waals surface area contributed by atoms with Crippen LogP contribution in [0.4, 0.5) is 5.69 Å². The number of nitrogen functional groups attached to an aromatic ring is 1. The van der Waals surface area contributed by atoms with E-state index in [2.05, 4.69) is 9.97 Å². The molecular formula is C15H18N4O. The van der Waals surface area contributed by atoms with Crippen LogP contribution < -0.4 is 5.73 Å². The van der Waals surface area contributed by atoms with E-state index >= 15 is 0 Å². The zero-order valence-electron chi connectivity index (χ0n) is 11.5. The number of benzene rings is 1. The first-order valence-corrected chi connectivity index (χ1v) is 6.60. The number of nitrogens with zero attached hydrogens (tertiary/aromatic N) is 3. The molecule has 1 heterocycles. The molecule has 0 aliphatic heterocycles. The van der Waals surface area contributed by atoms with Crippen molar-refractivity contribution in [2.45, 2.75) is 19.9 Å². The van der Waals surface area contributed by atoms with E-state index in [1.807, 2.05) is 31.2 Å². The lowest BCUT2D eigenvalue weighted by molar-refractivity contribution is 0.0742. The molecule has 2 N–H and O–H groups in total. The van der Waals surface area contributed by atoms with Gasteiger partial charge in [-0.1, -0.05) is 25.1 Å². The highest BCUT2D eigenvalue weighted by atomic mass is 16.2. The highest BCUT2D eigenvalue weighted by Crippen LogP contribution is 2.15. The minimum absolute atomic E-state index is 0.0734. The molecule has 0 fully saturated rings. The Morgan fingerprint density at radius 1 is 1.25 bits per heavy atom. The van der Waals surface area contributed by atoms with Gasteiger partial charge in [0.1, 0.15) is 6.33 Å². The molecule has 0 spiro atoms. The molecule has 0 unspecified atom stereocenters. The summed E-state index contributed by atoms with van der Waals surface area (Å²) in [7, 11) is 0. The van der Waals surface area contributed by atoms with Gasteiger partial charge in [0, 0.05) is 31.2 Å². The van der Waals surface area contributed by atoms with Gasteiger partial charge in [-0.3, -0.25) is 4.79 Å². The Morgan fingerprint density at radius 2 is 1.95 bits per heavy atom. The van der Waals surface area contributed by atoms with Crippen LogP contribution in [0.3, 0.4) is 0 Å². The number of para-hydroxylation sites is 1. The van der Waals surface area contributed by atoms with Crippen molar-refractivity contribution < 1.29 is 4.79 Å². The average Bonchev–Trinajstić information content (AvgIpc) is 2.49. The molecule has 0 saturated carbocycles. The van der Waals surface area contributed by atoms with Crippen molar-refractivity contribution in [1.29, 1.82) is 0 Å². The van der Waals surface area contributed by atoms with Crippen molar-refractivity contribution in [1.82, 2.24) is 14.9 Å². The molecule has 2 rings (SSSR count). The lowest BCUT2D eigenvalue weighted by atomic mass is 10.1. The fourth-order valence-electron chi connectivity index (χ4n) is 2.00. The molecule has 1 amide bonds. The summed E-state index contributed by atoms with van der Waals surface area (Å²) in [5.41, 5.74) is 8.09. The van der Waals surface area contributed by atoms with Crippen molar-refractivity contribution in [3.05, 3.63) is 54.1 Å². The van der Waals surface area contributed by atoms with E-state index in [-0.39, 0.29) is 5.91 Å². The van der Waals surface area contributed by atoms with Crippen LogP contribution in [0.2, 0.25) is 0 Å². The molecule has 0 aliphatic rings. The Kier molecular flexibility index (Phi) is 4.65. The molecule has 0 bridgehead atoms. The van der Waals surface area contributed by atoms with Crippen molar-refractivity contribution in [3.8, 4) is 0 Å². The van der Waals surface area contributed by atoms with E-state index in [9.17, 15) is 4.79 Å². The topological polar surface area (TPSA) is 72.1 Å². The second-order valence-corrected chi connectivity index (χ2v) is 4.55. The summed E-state index contributed by atoms with van der Waals surface area (Å²) in [6.07, 6.45) is 5.36. The largest absolute Gasteiger partial charge is 0.398 e. The van der Waals surface area contributed by atoms with Gasteiger partial charge in [-0.05, 0) is 18.1 Å². The Bertz CT molecular complexity index is 571. The van der Waals surface area contributed by atoms with Crippen LogP contribution >= 0.6 is 0 Å². The maximum atomic E-state index is 12.5. The fraction of sp³-hybridized carbons (Fsp3) is 0.267. The van der Waals surface area contributed by atoms with E-state index in [1.165, 1.54) is 18.7 Å². The second-order valence-electron chi connectivity index (χ2n) is 4.55. The number of carbonyl (C=O) groups excluding carboxylic acids is 1. The van der Waals surface area contributed by atoms with E-state index in [1.54, 1.807) is 4.90 Å². The monoisotopic (exact) mass is 270 g/mol. The molecule has 104 valence electrons. The third-order valence-electron chi connectivity index (χ3n) is 3.00. The number of aromatic nitrogens is 2. The number of hydrogen-bond acceptors (Lipinski definition) is 4. The molecule has 5 nitrogen and oxygen atoms in total. The number of carbonyl (C=O) groups is 1. The van der Waals surface area contributed by atoms with E-state index in [0.717, 1.165) is 12.0 Å². The van der Waals surface area contributed by atoms with Gasteiger partial charge in [0.05, 0.1) is 5.56 Å². The summed E-state index contributed by atoms with van der Waals surface area (Å²) >= 11 is 0. The maximum absolute atomic E-state index is 12.5. The molecule has 0 saturated heterocycles. The standard InChI is InChI=1S/C15H18N4O/c1-2-7-19(10-12-5-3-4-6-14(12)16)15(20)13-8-17-11-18-9-13/h3-6,8-9,11H,2,7,10,16H2,1H3. The molecule has 1 aromatic heterocycles. The van der Waals surface area contributed by atoms with Gasteiger partial charge in [0.15, 0.2) is 0 Å². The van der Waals surface area contributed by atoms with Crippen LogP contribution in [0.25, 0.3) is 0 Å². The first-order valence-electron chi connectivity index (χ1n) is 6.60. The fourth-order valence-corrected chi connectivity index (χ4v) is 2.00. The van der Waals surface area contributed by atoms with Crippen molar-refractivity contribution in [2.24, 2.45) is 0 Å². The van der Waals surface area contributed by atoms with Gasteiger partial charge >= 0.3 is 0 Å². The summed E-state index contributed by atoms with van der Waals surface area (Å²) in [5.74, 6) is -0.0734. The summed E-state index contributed by atoms with van der Waals surface area (Å²) < 4.78 is 0. The van der Waals surface area contributed by atoms with E-state index in [0.29, 0.717) is 24.3 Å². The van der Waals surface area contributed by atoms with Crippen LogP contribution in [-0.2, 0) is 6.54 Å². The Balaban J connectivity index is 2.19. The Hall–Kier alpha value is -2.43. The normalized spacial score (nSPS) is 10.2. The molecule has 5 heteroatoms. The van der Waals surface area contributed by atoms with Gasteiger partial charge in [-0.15, -0.1) is 0 Å². The molecule has 1 aromatic carbocycles. The van der Waals surface area contributed by atoms with Gasteiger partial charge in [0.2, 0.25) is 0 Å². The SMILES string of the molecule is CCCN(Cc1ccccc1N)C(=O)c1cncnc1. The van der Waals surface area contributed by atoms with Gasteiger partial charge < -0.3 is 10.6 Å². The van der Waals surface area contributed by atoms with Crippen molar-refractivity contribution in [3.63, 3.8) is 0 Å². The van der Waals surface area contributed by atoms with Crippen LogP contribution in [0.1, 0.15) is 29.3 Å². The van der Waals surface area contributed by atoms with Crippen molar-refractivity contribution >= 4 is 11.6 Å². The van der Waals surface area contributed by atoms with E-state index in [4.69, 9.17) is 5.73 Å².